The summed E-state index contributed by atoms with van der Waals surface area (Å²) in [5.74, 6) is 0.538. The van der Waals surface area contributed by atoms with Crippen LogP contribution in [0.15, 0.2) is 53.3 Å². The topological polar surface area (TPSA) is 71.2 Å². The number of benzene rings is 2. The van der Waals surface area contributed by atoms with Crippen LogP contribution >= 0.6 is 0 Å². The van der Waals surface area contributed by atoms with Crippen LogP contribution in [-0.4, -0.2) is 18.0 Å². The molecule has 0 atom stereocenters. The number of carbonyl (C=O) groups excluding carboxylic acids is 1. The van der Waals surface area contributed by atoms with Gasteiger partial charge in [-0.3, -0.25) is 9.59 Å². The Morgan fingerprint density at radius 1 is 1.16 bits per heavy atom. The van der Waals surface area contributed by atoms with Gasteiger partial charge in [-0.15, -0.1) is 0 Å². The van der Waals surface area contributed by atoms with Gasteiger partial charge in [-0.1, -0.05) is 24.3 Å². The lowest BCUT2D eigenvalue weighted by molar-refractivity contribution is -0.116. The van der Waals surface area contributed by atoms with Gasteiger partial charge >= 0.3 is 0 Å². The van der Waals surface area contributed by atoms with Gasteiger partial charge in [0.2, 0.25) is 5.91 Å². The van der Waals surface area contributed by atoms with E-state index in [1.807, 2.05) is 43.3 Å². The molecule has 25 heavy (non-hydrogen) atoms. The van der Waals surface area contributed by atoms with Crippen molar-refractivity contribution in [3.05, 3.63) is 70.0 Å². The number of hydrogen-bond acceptors (Lipinski definition) is 3. The number of rotatable bonds is 5. The zero-order chi connectivity index (χ0) is 17.8. The lowest BCUT2D eigenvalue weighted by Crippen LogP contribution is -2.17. The quantitative estimate of drug-likeness (QED) is 0.750. The number of hydrogen-bond donors (Lipinski definition) is 2. The minimum atomic E-state index is -0.143. The van der Waals surface area contributed by atoms with Crippen molar-refractivity contribution in [1.29, 1.82) is 0 Å². The summed E-state index contributed by atoms with van der Waals surface area (Å²) in [7, 11) is 1.58. The molecule has 5 heteroatoms. The number of aromatic amines is 1. The van der Waals surface area contributed by atoms with E-state index in [9.17, 15) is 9.59 Å². The first-order valence-electron chi connectivity index (χ1n) is 8.12. The summed E-state index contributed by atoms with van der Waals surface area (Å²) in [6, 6.07) is 14.9. The molecule has 0 aliphatic heterocycles. The highest BCUT2D eigenvalue weighted by molar-refractivity contribution is 5.91. The molecule has 3 rings (SSSR count). The fourth-order valence-electron chi connectivity index (χ4n) is 2.79. The number of H-pyrrole nitrogens is 1. The van der Waals surface area contributed by atoms with Gasteiger partial charge < -0.3 is 15.0 Å². The Morgan fingerprint density at radius 2 is 1.96 bits per heavy atom. The fourth-order valence-corrected chi connectivity index (χ4v) is 2.79. The third-order valence-corrected chi connectivity index (χ3v) is 4.14. The molecule has 0 radical (unpaired) electrons. The smallest absolute Gasteiger partial charge is 0.251 e. The van der Waals surface area contributed by atoms with Gasteiger partial charge in [0.15, 0.2) is 0 Å². The van der Waals surface area contributed by atoms with Crippen molar-refractivity contribution >= 4 is 22.5 Å². The van der Waals surface area contributed by atoms with Crippen LogP contribution in [0, 0.1) is 6.92 Å². The summed E-state index contributed by atoms with van der Waals surface area (Å²) < 4.78 is 5.14. The third kappa shape index (κ3) is 3.88. The van der Waals surface area contributed by atoms with E-state index in [0.29, 0.717) is 23.4 Å². The number of aryl methyl sites for hydroxylation is 2. The summed E-state index contributed by atoms with van der Waals surface area (Å²) in [6.07, 6.45) is 0.618. The molecule has 1 amide bonds. The second kappa shape index (κ2) is 7.21. The van der Waals surface area contributed by atoms with Crippen LogP contribution in [0.25, 0.3) is 10.9 Å². The summed E-state index contributed by atoms with van der Waals surface area (Å²) in [5.41, 5.74) is 3.01. The molecule has 128 valence electrons. The van der Waals surface area contributed by atoms with Crippen molar-refractivity contribution in [3.8, 4) is 5.75 Å². The minimum Gasteiger partial charge on any atom is -0.497 e. The molecule has 2 aromatic carbocycles. The Morgan fingerprint density at radius 3 is 2.76 bits per heavy atom. The first-order chi connectivity index (χ1) is 12.1. The Balaban J connectivity index is 1.70. The van der Waals surface area contributed by atoms with Crippen molar-refractivity contribution < 1.29 is 9.53 Å². The highest BCUT2D eigenvalue weighted by Gasteiger charge is 2.08. The van der Waals surface area contributed by atoms with Gasteiger partial charge in [-0.2, -0.15) is 0 Å². The number of amides is 1. The maximum Gasteiger partial charge on any atom is 0.251 e. The molecule has 0 bridgehead atoms. The highest BCUT2D eigenvalue weighted by atomic mass is 16.5. The molecule has 1 aromatic heterocycles. The average Bonchev–Trinajstić information content (AvgIpc) is 2.61. The molecular weight excluding hydrogens is 316 g/mol. The molecule has 2 N–H and O–H groups in total. The number of methoxy groups -OCH3 is 1. The number of carbonyl (C=O) groups is 1. The molecule has 0 spiro atoms. The van der Waals surface area contributed by atoms with Crippen LogP contribution in [0.4, 0.5) is 5.69 Å². The average molecular weight is 336 g/mol. The van der Waals surface area contributed by atoms with Gasteiger partial charge in [-0.25, -0.2) is 0 Å². The van der Waals surface area contributed by atoms with Gasteiger partial charge in [0.25, 0.3) is 5.56 Å². The number of ether oxygens (including phenoxy) is 1. The summed E-state index contributed by atoms with van der Waals surface area (Å²) in [4.78, 5) is 27.3. The highest BCUT2D eigenvalue weighted by Crippen LogP contribution is 2.18. The van der Waals surface area contributed by atoms with Gasteiger partial charge in [0.05, 0.1) is 12.6 Å². The van der Waals surface area contributed by atoms with Crippen LogP contribution < -0.4 is 15.6 Å². The Hall–Kier alpha value is -3.08. The standard InChI is InChI=1S/C20H20N2O3/c1-13-5-3-6-14-11-15(20(24)22-19(13)14)9-10-18(23)21-16-7-4-8-17(12-16)25-2/h3-8,11-12H,9-10H2,1-2H3,(H,21,23)(H,22,24). The predicted octanol–water partition coefficient (Wildman–Crippen LogP) is 3.42. The van der Waals surface area contributed by atoms with Crippen molar-refractivity contribution in [2.24, 2.45) is 0 Å². The third-order valence-electron chi connectivity index (χ3n) is 4.14. The van der Waals surface area contributed by atoms with Crippen molar-refractivity contribution in [2.45, 2.75) is 19.8 Å². The Kier molecular flexibility index (Phi) is 4.84. The van der Waals surface area contributed by atoms with Crippen molar-refractivity contribution in [2.75, 3.05) is 12.4 Å². The normalized spacial score (nSPS) is 10.6. The van der Waals surface area contributed by atoms with E-state index in [1.54, 1.807) is 19.2 Å². The van der Waals surface area contributed by atoms with Crippen LogP contribution in [0.5, 0.6) is 5.75 Å². The van der Waals surface area contributed by atoms with Crippen molar-refractivity contribution in [1.82, 2.24) is 4.98 Å². The van der Waals surface area contributed by atoms with Crippen LogP contribution in [-0.2, 0) is 11.2 Å². The zero-order valence-corrected chi connectivity index (χ0v) is 14.3. The molecule has 0 fully saturated rings. The van der Waals surface area contributed by atoms with Gasteiger partial charge in [0.1, 0.15) is 5.75 Å². The maximum atomic E-state index is 12.2. The van der Waals surface area contributed by atoms with Crippen LogP contribution in [0.2, 0.25) is 0 Å². The Labute approximate surface area is 145 Å². The van der Waals surface area contributed by atoms with Crippen LogP contribution in [0.3, 0.4) is 0 Å². The predicted molar refractivity (Wildman–Crippen MR) is 99.3 cm³/mol. The largest absolute Gasteiger partial charge is 0.497 e. The number of para-hydroxylation sites is 1. The molecule has 3 aromatic rings. The molecule has 0 unspecified atom stereocenters. The molecule has 0 saturated heterocycles. The first kappa shape index (κ1) is 16.8. The Bertz CT molecular complexity index is 976. The van der Waals surface area contributed by atoms with E-state index in [1.165, 1.54) is 0 Å². The second-order valence-corrected chi connectivity index (χ2v) is 5.94. The van der Waals surface area contributed by atoms with Gasteiger partial charge in [0, 0.05) is 23.7 Å². The number of fused-ring (bicyclic) bond motifs is 1. The maximum absolute atomic E-state index is 12.2. The molecule has 5 nitrogen and oxygen atoms in total. The lowest BCUT2D eigenvalue weighted by atomic mass is 10.1. The summed E-state index contributed by atoms with van der Waals surface area (Å²) >= 11 is 0. The minimum absolute atomic E-state index is 0.142. The molecule has 0 saturated carbocycles. The first-order valence-corrected chi connectivity index (χ1v) is 8.12. The number of aromatic nitrogens is 1. The fraction of sp³-hybridized carbons (Fsp3) is 0.200. The van der Waals surface area contributed by atoms with E-state index in [4.69, 9.17) is 4.74 Å². The van der Waals surface area contributed by atoms with E-state index in [-0.39, 0.29) is 17.9 Å². The summed E-state index contributed by atoms with van der Waals surface area (Å²) in [6.45, 7) is 1.96. The van der Waals surface area contributed by atoms with Crippen LogP contribution in [0.1, 0.15) is 17.5 Å². The summed E-state index contributed by atoms with van der Waals surface area (Å²) in [5, 5.41) is 3.80. The zero-order valence-electron chi connectivity index (χ0n) is 14.3. The second-order valence-electron chi connectivity index (χ2n) is 5.94. The molecule has 1 heterocycles. The molecule has 0 aliphatic rings. The molecular formula is C20H20N2O3. The van der Waals surface area contributed by atoms with E-state index in [0.717, 1.165) is 16.5 Å². The SMILES string of the molecule is COc1cccc(NC(=O)CCc2cc3cccc(C)c3[nH]c2=O)c1. The van der Waals surface area contributed by atoms with E-state index < -0.39 is 0 Å². The van der Waals surface area contributed by atoms with Gasteiger partial charge in [-0.05, 0) is 42.5 Å². The monoisotopic (exact) mass is 336 g/mol. The number of pyridine rings is 1. The number of nitrogens with one attached hydrogen (secondary N) is 2. The molecule has 0 aliphatic carbocycles. The van der Waals surface area contributed by atoms with E-state index >= 15 is 0 Å². The lowest BCUT2D eigenvalue weighted by Gasteiger charge is -2.08. The van der Waals surface area contributed by atoms with E-state index in [2.05, 4.69) is 10.3 Å². The van der Waals surface area contributed by atoms with Crippen molar-refractivity contribution in [3.63, 3.8) is 0 Å². The number of anilines is 1.